The van der Waals surface area contributed by atoms with E-state index in [1.807, 2.05) is 0 Å². The van der Waals surface area contributed by atoms with E-state index in [0.29, 0.717) is 36.0 Å². The van der Waals surface area contributed by atoms with Crippen molar-refractivity contribution in [2.45, 2.75) is 174 Å². The van der Waals surface area contributed by atoms with Crippen molar-refractivity contribution in [1.29, 1.82) is 0 Å². The molecule has 7 heteroatoms. The second-order valence-corrected chi connectivity index (χ2v) is 28.8. The maximum Gasteiger partial charge on any atom is 0.241 e. The van der Waals surface area contributed by atoms with Gasteiger partial charge in [0, 0.05) is 12.5 Å². The topological polar surface area (TPSA) is 21.7 Å². The highest BCUT2D eigenvalue weighted by atomic mass is 28.4. The van der Waals surface area contributed by atoms with E-state index in [2.05, 4.69) is 98.6 Å². The Labute approximate surface area is 285 Å². The summed E-state index contributed by atoms with van der Waals surface area (Å²) >= 11 is 0. The third-order valence-corrected chi connectivity index (χ3v) is 22.9. The molecule has 1 aliphatic heterocycles. The van der Waals surface area contributed by atoms with Gasteiger partial charge in [-0.15, -0.1) is 0 Å². The normalized spacial score (nSPS) is 32.7. The van der Waals surface area contributed by atoms with Gasteiger partial charge in [0.05, 0.1) is 12.2 Å². The highest BCUT2D eigenvalue weighted by Gasteiger charge is 2.51. The van der Waals surface area contributed by atoms with Crippen LogP contribution in [-0.2, 0) is 8.85 Å². The fourth-order valence-electron chi connectivity index (χ4n) is 8.99. The lowest BCUT2D eigenvalue weighted by Gasteiger charge is -2.45. The molecule has 0 bridgehead atoms. The second-order valence-electron chi connectivity index (χ2n) is 19.3. The first-order valence-electron chi connectivity index (χ1n) is 18.9. The fraction of sp³-hybridized carbons (Fsp3) is 0.897. The maximum atomic E-state index is 13.2. The molecule has 0 aromatic carbocycles. The van der Waals surface area contributed by atoms with Gasteiger partial charge in [0.1, 0.15) is 0 Å². The first-order valence-corrected chi connectivity index (χ1v) is 24.7. The summed E-state index contributed by atoms with van der Waals surface area (Å²) in [5.74, 6) is 1.58. The minimum atomic E-state index is -2.16. The number of piperidine rings is 1. The largest absolute Gasteiger partial charge is 0.414 e. The predicted octanol–water partition coefficient (Wildman–Crippen LogP) is 11.6. The van der Waals surface area contributed by atoms with Gasteiger partial charge in [-0.3, -0.25) is 0 Å². The zero-order chi connectivity index (χ0) is 34.3. The van der Waals surface area contributed by atoms with Gasteiger partial charge in [-0.2, -0.15) is 0 Å². The lowest BCUT2D eigenvalue weighted by molar-refractivity contribution is 0.0227. The lowest BCUT2D eigenvalue weighted by atomic mass is 9.61. The molecule has 1 heterocycles. The van der Waals surface area contributed by atoms with Gasteiger partial charge in [0.25, 0.3) is 0 Å². The maximum absolute atomic E-state index is 13.2. The van der Waals surface area contributed by atoms with Gasteiger partial charge in [0.2, 0.25) is 6.43 Å². The lowest BCUT2D eigenvalue weighted by Crippen LogP contribution is -2.48. The van der Waals surface area contributed by atoms with Crippen LogP contribution >= 0.6 is 0 Å². The van der Waals surface area contributed by atoms with Crippen LogP contribution in [0.25, 0.3) is 0 Å². The Balaban J connectivity index is 1.49. The molecule has 6 atom stereocenters. The van der Waals surface area contributed by atoms with Crippen molar-refractivity contribution in [3.63, 3.8) is 0 Å². The smallest absolute Gasteiger partial charge is 0.241 e. The molecule has 3 nitrogen and oxygen atoms in total. The van der Waals surface area contributed by atoms with E-state index in [-0.39, 0.29) is 22.3 Å². The zero-order valence-corrected chi connectivity index (χ0v) is 33.9. The minimum absolute atomic E-state index is 0.192. The van der Waals surface area contributed by atoms with Crippen molar-refractivity contribution in [3.05, 3.63) is 23.3 Å². The zero-order valence-electron chi connectivity index (χ0n) is 31.9. The number of nitrogens with zero attached hydrogens (tertiary/aromatic N) is 1. The number of alkyl halides is 2. The Bertz CT molecular complexity index is 1040. The Morgan fingerprint density at radius 1 is 0.870 bits per heavy atom. The number of allylic oxidation sites excluding steroid dienone is 3. The van der Waals surface area contributed by atoms with Gasteiger partial charge in [0.15, 0.2) is 16.6 Å². The van der Waals surface area contributed by atoms with Gasteiger partial charge in [-0.05, 0) is 137 Å². The fourth-order valence-corrected chi connectivity index (χ4v) is 11.7. The Morgan fingerprint density at radius 3 is 1.91 bits per heavy atom. The second kappa shape index (κ2) is 14.5. The summed E-state index contributed by atoms with van der Waals surface area (Å²) in [5.41, 5.74) is 3.52. The number of fused-ring (bicyclic) bond motifs is 1. The standard InChI is InChI=1S/C39H71F2NO2Si2/c1-28(27-42-22-19-31(20-23-42)36(40)41)34-17-18-35-30(14-13-21-39(34,35)8)16-15-29-24-32(43-45(9,10)37(2,3)4)26-33(25-29)44-46(11,12)38(5,6)7/h15-16,28,31-36H,13-14,17-27H2,1-12H3/b29-15?,30-16+/t28-,32?,33?,34+,35-,39+/m0/s1. The number of rotatable bonds is 9. The van der Waals surface area contributed by atoms with Gasteiger partial charge >= 0.3 is 0 Å². The molecule has 4 rings (SSSR count). The van der Waals surface area contributed by atoms with Crippen LogP contribution in [0.1, 0.15) is 120 Å². The van der Waals surface area contributed by atoms with E-state index in [0.717, 1.165) is 38.9 Å². The van der Waals surface area contributed by atoms with E-state index >= 15 is 0 Å². The van der Waals surface area contributed by atoms with E-state index in [9.17, 15) is 8.78 Å². The molecule has 0 amide bonds. The summed E-state index contributed by atoms with van der Waals surface area (Å²) < 4.78 is 40.6. The first-order chi connectivity index (χ1) is 21.1. The van der Waals surface area contributed by atoms with Crippen molar-refractivity contribution in [1.82, 2.24) is 4.90 Å². The molecule has 3 aliphatic carbocycles. The number of hydrogen-bond acceptors (Lipinski definition) is 3. The van der Waals surface area contributed by atoms with E-state index < -0.39 is 29.0 Å². The Kier molecular flexibility index (Phi) is 12.1. The van der Waals surface area contributed by atoms with Crippen LogP contribution in [0.4, 0.5) is 8.78 Å². The molecule has 0 N–H and O–H groups in total. The third kappa shape index (κ3) is 8.86. The van der Waals surface area contributed by atoms with Crippen molar-refractivity contribution in [3.8, 4) is 0 Å². The highest BCUT2D eigenvalue weighted by molar-refractivity contribution is 6.74. The molecule has 4 fully saturated rings. The summed E-state index contributed by atoms with van der Waals surface area (Å²) in [5, 5.41) is 0.383. The van der Waals surface area contributed by atoms with Gasteiger partial charge in [-0.1, -0.05) is 78.7 Å². The van der Waals surface area contributed by atoms with Gasteiger partial charge < -0.3 is 13.8 Å². The average molecular weight is 680 g/mol. The summed E-state index contributed by atoms with van der Waals surface area (Å²) in [4.78, 5) is 2.48. The average Bonchev–Trinajstić information content (AvgIpc) is 3.28. The summed E-state index contributed by atoms with van der Waals surface area (Å²) in [6.45, 7) is 31.4. The summed E-state index contributed by atoms with van der Waals surface area (Å²) in [7, 11) is -3.79. The van der Waals surface area contributed by atoms with Crippen LogP contribution in [0.5, 0.6) is 0 Å². The molecule has 0 spiro atoms. The van der Waals surface area contributed by atoms with Crippen LogP contribution in [0.15, 0.2) is 23.3 Å². The number of likely N-dealkylation sites (tertiary alicyclic amines) is 1. The molecular formula is C39H71F2NO2Si2. The molecular weight excluding hydrogens is 609 g/mol. The SMILES string of the molecule is C[C@@H](CN1CCC(C(F)F)CC1)[C@H]1CC[C@H]2/C(=C/C=C3CC(O[Si](C)(C)C(C)(C)C)CC(O[Si](C)(C)C(C)(C)C)C3)CCC[C@]12C. The molecule has 2 unspecified atom stereocenters. The van der Waals surface area contributed by atoms with E-state index in [1.165, 1.54) is 37.7 Å². The van der Waals surface area contributed by atoms with Crippen LogP contribution in [-0.4, -0.2) is 59.8 Å². The van der Waals surface area contributed by atoms with E-state index in [4.69, 9.17) is 8.85 Å². The quantitative estimate of drug-likeness (QED) is 0.226. The van der Waals surface area contributed by atoms with Crippen LogP contribution in [0.2, 0.25) is 36.3 Å². The van der Waals surface area contributed by atoms with Crippen molar-refractivity contribution >= 4 is 16.6 Å². The number of hydrogen-bond donors (Lipinski definition) is 0. The van der Waals surface area contributed by atoms with E-state index in [1.54, 1.807) is 5.57 Å². The molecule has 266 valence electrons. The molecule has 0 radical (unpaired) electrons. The predicted molar refractivity (Wildman–Crippen MR) is 197 cm³/mol. The van der Waals surface area contributed by atoms with Crippen molar-refractivity contribution in [2.75, 3.05) is 19.6 Å². The molecule has 4 aliphatic rings. The molecule has 46 heavy (non-hydrogen) atoms. The van der Waals surface area contributed by atoms with Crippen LogP contribution in [0, 0.1) is 29.1 Å². The molecule has 0 aromatic heterocycles. The number of halogens is 2. The summed E-state index contributed by atoms with van der Waals surface area (Å²) in [6.07, 6.45) is 14.1. The minimum Gasteiger partial charge on any atom is -0.414 e. The monoisotopic (exact) mass is 679 g/mol. The molecule has 1 saturated heterocycles. The first kappa shape index (κ1) is 38.5. The van der Waals surface area contributed by atoms with Crippen LogP contribution in [0.3, 0.4) is 0 Å². The Hall–Kier alpha value is -0.346. The summed E-state index contributed by atoms with van der Waals surface area (Å²) in [6, 6.07) is 0. The van der Waals surface area contributed by atoms with Crippen molar-refractivity contribution < 1.29 is 17.6 Å². The van der Waals surface area contributed by atoms with Gasteiger partial charge in [-0.25, -0.2) is 8.78 Å². The van der Waals surface area contributed by atoms with Crippen molar-refractivity contribution in [2.24, 2.45) is 29.1 Å². The van der Waals surface area contributed by atoms with Crippen LogP contribution < -0.4 is 0 Å². The Morgan fingerprint density at radius 2 is 1.41 bits per heavy atom. The third-order valence-electron chi connectivity index (χ3n) is 13.8. The molecule has 3 saturated carbocycles. The highest BCUT2D eigenvalue weighted by Crippen LogP contribution is 2.59. The molecule has 0 aromatic rings.